The fourth-order valence-electron chi connectivity index (χ4n) is 7.28. The second-order valence-corrected chi connectivity index (χ2v) is 9.83. The molecule has 0 spiro atoms. The van der Waals surface area contributed by atoms with Crippen LogP contribution in [-0.4, -0.2) is 12.1 Å². The Morgan fingerprint density at radius 2 is 2.04 bits per heavy atom. The van der Waals surface area contributed by atoms with Crippen LogP contribution in [0.1, 0.15) is 72.6 Å². The molecule has 0 N–H and O–H groups in total. The molecular formula is C23H34O3. The van der Waals surface area contributed by atoms with Crippen LogP contribution in [0.25, 0.3) is 0 Å². The highest BCUT2D eigenvalue weighted by atomic mass is 16.5. The largest absolute Gasteiger partial charge is 0.496 e. The Morgan fingerprint density at radius 1 is 1.27 bits per heavy atom. The molecule has 0 amide bonds. The molecule has 0 aromatic carbocycles. The van der Waals surface area contributed by atoms with Gasteiger partial charge in [-0.05, 0) is 81.6 Å². The van der Waals surface area contributed by atoms with Crippen molar-refractivity contribution in [2.75, 3.05) is 0 Å². The van der Waals surface area contributed by atoms with Crippen LogP contribution in [-0.2, 0) is 14.3 Å². The SMILES string of the molecule is C=C(C)O[C@@H](C)[C@H]1CC[C@H]2[C@@H]3CC=C4OC(=O)CC[C@@]4(C)[C@@H]3CC[C@]12C. The maximum Gasteiger partial charge on any atom is 0.310 e. The van der Waals surface area contributed by atoms with Gasteiger partial charge in [-0.3, -0.25) is 4.79 Å². The topological polar surface area (TPSA) is 35.5 Å². The summed E-state index contributed by atoms with van der Waals surface area (Å²) >= 11 is 0. The van der Waals surface area contributed by atoms with Crippen molar-refractivity contribution in [3.8, 4) is 0 Å². The Bertz CT molecular complexity index is 650. The number of ether oxygens (including phenoxy) is 2. The molecule has 3 nitrogen and oxygen atoms in total. The van der Waals surface area contributed by atoms with Gasteiger partial charge in [-0.25, -0.2) is 0 Å². The first-order valence-electron chi connectivity index (χ1n) is 10.5. The normalized spacial score (nSPS) is 45.5. The fraction of sp³-hybridized carbons (Fsp3) is 0.783. The third-order valence-electron chi connectivity index (χ3n) is 8.49. The molecule has 26 heavy (non-hydrogen) atoms. The lowest BCUT2D eigenvalue weighted by Gasteiger charge is -2.56. The van der Waals surface area contributed by atoms with Crippen LogP contribution < -0.4 is 0 Å². The molecule has 3 aliphatic carbocycles. The lowest BCUT2D eigenvalue weighted by atomic mass is 9.49. The summed E-state index contributed by atoms with van der Waals surface area (Å²) in [6, 6.07) is 0. The quantitative estimate of drug-likeness (QED) is 0.485. The van der Waals surface area contributed by atoms with Gasteiger partial charge in [0.1, 0.15) is 5.76 Å². The van der Waals surface area contributed by atoms with Crippen molar-refractivity contribution in [3.63, 3.8) is 0 Å². The van der Waals surface area contributed by atoms with Gasteiger partial charge in [0.05, 0.1) is 11.9 Å². The third-order valence-corrected chi connectivity index (χ3v) is 8.49. The molecule has 144 valence electrons. The predicted molar refractivity (Wildman–Crippen MR) is 102 cm³/mol. The smallest absolute Gasteiger partial charge is 0.310 e. The van der Waals surface area contributed by atoms with Gasteiger partial charge in [0.25, 0.3) is 0 Å². The van der Waals surface area contributed by atoms with E-state index < -0.39 is 0 Å². The molecule has 1 saturated heterocycles. The minimum absolute atomic E-state index is 0.0421. The van der Waals surface area contributed by atoms with Crippen molar-refractivity contribution in [1.29, 1.82) is 0 Å². The number of carbonyl (C=O) groups excluding carboxylic acids is 1. The van der Waals surface area contributed by atoms with Crippen LogP contribution in [0.4, 0.5) is 0 Å². The van der Waals surface area contributed by atoms with Crippen LogP contribution >= 0.6 is 0 Å². The van der Waals surface area contributed by atoms with Gasteiger partial charge in [0.15, 0.2) is 0 Å². The lowest BCUT2D eigenvalue weighted by Crippen LogP contribution is -2.51. The average Bonchev–Trinajstić information content (AvgIpc) is 2.92. The van der Waals surface area contributed by atoms with Crippen molar-refractivity contribution < 1.29 is 14.3 Å². The van der Waals surface area contributed by atoms with Gasteiger partial charge in [0.2, 0.25) is 0 Å². The minimum atomic E-state index is -0.0421. The van der Waals surface area contributed by atoms with Gasteiger partial charge < -0.3 is 9.47 Å². The van der Waals surface area contributed by atoms with Gasteiger partial charge in [-0.2, -0.15) is 0 Å². The van der Waals surface area contributed by atoms with E-state index in [1.54, 1.807) is 0 Å². The number of esters is 1. The second kappa shape index (κ2) is 6.14. The summed E-state index contributed by atoms with van der Waals surface area (Å²) < 4.78 is 11.7. The molecule has 2 saturated carbocycles. The molecule has 4 rings (SSSR count). The summed E-state index contributed by atoms with van der Waals surface area (Å²) in [6.45, 7) is 13.0. The van der Waals surface area contributed by atoms with Gasteiger partial charge in [-0.1, -0.05) is 20.4 Å². The molecule has 0 aromatic heterocycles. The Kier molecular flexibility index (Phi) is 4.28. The summed E-state index contributed by atoms with van der Waals surface area (Å²) in [5.74, 6) is 4.53. The van der Waals surface area contributed by atoms with E-state index in [1.807, 2.05) is 6.92 Å². The Labute approximate surface area is 158 Å². The Balaban J connectivity index is 1.60. The van der Waals surface area contributed by atoms with E-state index in [9.17, 15) is 4.79 Å². The summed E-state index contributed by atoms with van der Waals surface area (Å²) in [5.41, 5.74) is 0.430. The highest BCUT2D eigenvalue weighted by Gasteiger charge is 2.60. The van der Waals surface area contributed by atoms with Crippen molar-refractivity contribution in [2.45, 2.75) is 78.7 Å². The molecule has 3 heteroatoms. The monoisotopic (exact) mass is 358 g/mol. The van der Waals surface area contributed by atoms with Crippen LogP contribution in [0.3, 0.4) is 0 Å². The highest BCUT2D eigenvalue weighted by Crippen LogP contribution is 2.66. The van der Waals surface area contributed by atoms with Crippen LogP contribution in [0.15, 0.2) is 24.2 Å². The van der Waals surface area contributed by atoms with Gasteiger partial charge in [0, 0.05) is 17.8 Å². The first-order chi connectivity index (χ1) is 12.3. The number of fused-ring (bicyclic) bond motifs is 5. The number of hydrogen-bond acceptors (Lipinski definition) is 3. The zero-order valence-electron chi connectivity index (χ0n) is 16.8. The molecule has 1 aliphatic heterocycles. The van der Waals surface area contributed by atoms with E-state index in [1.165, 1.54) is 25.7 Å². The van der Waals surface area contributed by atoms with Crippen molar-refractivity contribution in [3.05, 3.63) is 24.2 Å². The minimum Gasteiger partial charge on any atom is -0.496 e. The molecule has 0 aromatic rings. The Morgan fingerprint density at radius 3 is 2.77 bits per heavy atom. The second-order valence-electron chi connectivity index (χ2n) is 9.83. The first-order valence-corrected chi connectivity index (χ1v) is 10.5. The van der Waals surface area contributed by atoms with Crippen molar-refractivity contribution in [1.82, 2.24) is 0 Å². The van der Waals surface area contributed by atoms with E-state index in [4.69, 9.17) is 9.47 Å². The third kappa shape index (κ3) is 2.57. The predicted octanol–water partition coefficient (Wildman–Crippen LogP) is 5.61. The maximum atomic E-state index is 11.8. The van der Waals surface area contributed by atoms with Crippen LogP contribution in [0, 0.1) is 34.5 Å². The molecule has 3 fully saturated rings. The van der Waals surface area contributed by atoms with E-state index in [0.29, 0.717) is 23.7 Å². The van der Waals surface area contributed by atoms with E-state index >= 15 is 0 Å². The van der Waals surface area contributed by atoms with Crippen molar-refractivity contribution in [2.24, 2.45) is 34.5 Å². The molecule has 0 unspecified atom stereocenters. The summed E-state index contributed by atoms with van der Waals surface area (Å²) in [5, 5.41) is 0. The standard InChI is InChI=1S/C23H34O3/c1-14(2)25-15(3)17-7-8-18-16-6-9-20-23(5,13-11-21(24)26-20)19(16)10-12-22(17,18)4/h9,15-19H,1,6-8,10-13H2,2-5H3/t15-,16-,17+,18-,19+,22+,23-/m0/s1. The summed E-state index contributed by atoms with van der Waals surface area (Å²) in [4.78, 5) is 11.8. The van der Waals surface area contributed by atoms with E-state index in [2.05, 4.69) is 33.4 Å². The lowest BCUT2D eigenvalue weighted by molar-refractivity contribution is -0.152. The zero-order chi connectivity index (χ0) is 18.7. The summed E-state index contributed by atoms with van der Waals surface area (Å²) in [7, 11) is 0. The van der Waals surface area contributed by atoms with Crippen molar-refractivity contribution >= 4 is 5.97 Å². The molecule has 4 aliphatic rings. The Hall–Kier alpha value is -1.25. The van der Waals surface area contributed by atoms with Gasteiger partial charge >= 0.3 is 5.97 Å². The first kappa shape index (κ1) is 18.1. The van der Waals surface area contributed by atoms with Crippen LogP contribution in [0.5, 0.6) is 0 Å². The molecule has 0 radical (unpaired) electrons. The molecule has 0 bridgehead atoms. The van der Waals surface area contributed by atoms with E-state index in [-0.39, 0.29) is 17.5 Å². The average molecular weight is 359 g/mol. The summed E-state index contributed by atoms with van der Waals surface area (Å²) in [6.07, 6.45) is 10.2. The fourth-order valence-corrected chi connectivity index (χ4v) is 7.28. The molecular weight excluding hydrogens is 324 g/mol. The van der Waals surface area contributed by atoms with E-state index in [0.717, 1.165) is 36.2 Å². The number of rotatable bonds is 3. The zero-order valence-corrected chi connectivity index (χ0v) is 16.8. The van der Waals surface area contributed by atoms with Gasteiger partial charge in [-0.15, -0.1) is 0 Å². The maximum absolute atomic E-state index is 11.8. The number of carbonyl (C=O) groups is 1. The number of allylic oxidation sites excluding steroid dienone is 3. The highest BCUT2D eigenvalue weighted by molar-refractivity contribution is 5.72. The van der Waals surface area contributed by atoms with Crippen LogP contribution in [0.2, 0.25) is 0 Å². The molecule has 7 atom stereocenters. The molecule has 1 heterocycles. The number of hydrogen-bond donors (Lipinski definition) is 0.